The predicted octanol–water partition coefficient (Wildman–Crippen LogP) is 6.00. The molecule has 2 saturated carbocycles. The molecule has 0 radical (unpaired) electrons. The number of phenolic OH excluding ortho intramolecular Hbond substituents is 1. The molecule has 152 valence electrons. The average molecular weight is 389 g/mol. The van der Waals surface area contributed by atoms with Crippen LogP contribution in [-0.2, 0) is 6.42 Å². The lowest BCUT2D eigenvalue weighted by Gasteiger charge is -2.52. The maximum absolute atomic E-state index is 11.8. The topological polar surface area (TPSA) is 40.5 Å². The molecule has 29 heavy (non-hydrogen) atoms. The summed E-state index contributed by atoms with van der Waals surface area (Å²) in [5, 5.41) is 21.7. The monoisotopic (exact) mass is 388 g/mol. The van der Waals surface area contributed by atoms with Gasteiger partial charge in [0.25, 0.3) is 0 Å². The number of rotatable bonds is 2. The van der Waals surface area contributed by atoms with Crippen LogP contribution in [0.2, 0.25) is 0 Å². The van der Waals surface area contributed by atoms with Crippen molar-refractivity contribution in [3.05, 3.63) is 70.8 Å². The van der Waals surface area contributed by atoms with Gasteiger partial charge >= 0.3 is 0 Å². The average Bonchev–Trinajstić information content (AvgIpc) is 2.97. The van der Waals surface area contributed by atoms with Crippen LogP contribution in [-0.4, -0.2) is 15.8 Å². The largest absolute Gasteiger partial charge is 0.508 e. The van der Waals surface area contributed by atoms with E-state index < -0.39 is 5.60 Å². The zero-order valence-electron chi connectivity index (χ0n) is 17.6. The van der Waals surface area contributed by atoms with Gasteiger partial charge in [0.2, 0.25) is 0 Å². The van der Waals surface area contributed by atoms with Crippen LogP contribution in [0.15, 0.2) is 48.5 Å². The lowest BCUT2D eigenvalue weighted by atomic mass is 9.53. The molecule has 0 spiro atoms. The van der Waals surface area contributed by atoms with Crippen molar-refractivity contribution < 1.29 is 10.2 Å². The van der Waals surface area contributed by atoms with Crippen molar-refractivity contribution in [2.24, 2.45) is 17.3 Å². The summed E-state index contributed by atoms with van der Waals surface area (Å²) in [6.07, 6.45) is 10.6. The minimum atomic E-state index is -0.721. The van der Waals surface area contributed by atoms with Gasteiger partial charge in [0.15, 0.2) is 0 Å². The van der Waals surface area contributed by atoms with Gasteiger partial charge in [-0.3, -0.25) is 0 Å². The normalized spacial score (nSPS) is 35.9. The first kappa shape index (κ1) is 18.9. The van der Waals surface area contributed by atoms with E-state index in [1.165, 1.54) is 28.7 Å². The van der Waals surface area contributed by atoms with Crippen molar-refractivity contribution in [1.29, 1.82) is 0 Å². The zero-order valence-corrected chi connectivity index (χ0v) is 17.6. The van der Waals surface area contributed by atoms with Crippen LogP contribution in [0.3, 0.4) is 0 Å². The van der Waals surface area contributed by atoms with Crippen LogP contribution in [0.4, 0.5) is 0 Å². The van der Waals surface area contributed by atoms with Gasteiger partial charge < -0.3 is 10.2 Å². The molecule has 5 atom stereocenters. The summed E-state index contributed by atoms with van der Waals surface area (Å²) in [5.41, 5.74) is 4.44. The first-order valence-corrected chi connectivity index (χ1v) is 11.2. The number of aryl methyl sites for hydroxylation is 2. The summed E-state index contributed by atoms with van der Waals surface area (Å²) in [6.45, 7) is 4.45. The summed E-state index contributed by atoms with van der Waals surface area (Å²) in [4.78, 5) is 0. The van der Waals surface area contributed by atoms with Crippen molar-refractivity contribution >= 4 is 6.08 Å². The molecule has 2 heteroatoms. The van der Waals surface area contributed by atoms with Crippen molar-refractivity contribution in [2.75, 3.05) is 0 Å². The highest BCUT2D eigenvalue weighted by Crippen LogP contribution is 2.64. The second kappa shape index (κ2) is 6.74. The Balaban J connectivity index is 1.43. The molecule has 0 aromatic heterocycles. The number of phenols is 1. The first-order valence-electron chi connectivity index (χ1n) is 11.2. The zero-order chi connectivity index (χ0) is 20.2. The van der Waals surface area contributed by atoms with Gasteiger partial charge in [-0.05, 0) is 92.0 Å². The maximum atomic E-state index is 11.8. The molecule has 0 bridgehead atoms. The molecule has 5 rings (SSSR count). The van der Waals surface area contributed by atoms with Gasteiger partial charge in [0, 0.05) is 5.41 Å². The lowest BCUT2D eigenvalue weighted by molar-refractivity contribution is -0.0705. The second-order valence-corrected chi connectivity index (χ2v) is 9.97. The number of hydrogen-bond acceptors (Lipinski definition) is 2. The van der Waals surface area contributed by atoms with E-state index in [9.17, 15) is 10.2 Å². The molecule has 0 heterocycles. The fourth-order valence-corrected chi connectivity index (χ4v) is 6.90. The molecule has 0 amide bonds. The van der Waals surface area contributed by atoms with Crippen LogP contribution in [0.25, 0.3) is 6.08 Å². The van der Waals surface area contributed by atoms with E-state index in [4.69, 9.17) is 0 Å². The highest BCUT2D eigenvalue weighted by Gasteiger charge is 2.60. The van der Waals surface area contributed by atoms with E-state index in [1.807, 2.05) is 12.1 Å². The molecular weight excluding hydrogens is 356 g/mol. The summed E-state index contributed by atoms with van der Waals surface area (Å²) in [5.74, 6) is 2.18. The molecule has 0 unspecified atom stereocenters. The van der Waals surface area contributed by atoms with Gasteiger partial charge in [-0.2, -0.15) is 0 Å². The minimum absolute atomic E-state index is 0.0527. The molecule has 2 aromatic rings. The van der Waals surface area contributed by atoms with Crippen LogP contribution in [0.5, 0.6) is 5.75 Å². The third kappa shape index (κ3) is 2.95. The quantitative estimate of drug-likeness (QED) is 0.662. The van der Waals surface area contributed by atoms with E-state index in [1.54, 1.807) is 0 Å². The first-order chi connectivity index (χ1) is 13.9. The number of aliphatic hydroxyl groups is 1. The minimum Gasteiger partial charge on any atom is -0.508 e. The highest BCUT2D eigenvalue weighted by molar-refractivity contribution is 5.52. The Kier molecular flexibility index (Phi) is 4.40. The number of hydrogen-bond donors (Lipinski definition) is 2. The Hall–Kier alpha value is -2.06. The number of fused-ring (bicyclic) bond motifs is 5. The molecule has 3 aliphatic rings. The Morgan fingerprint density at radius 3 is 2.72 bits per heavy atom. The van der Waals surface area contributed by atoms with E-state index in [-0.39, 0.29) is 5.41 Å². The van der Waals surface area contributed by atoms with Gasteiger partial charge in [0.05, 0.1) is 5.60 Å². The Morgan fingerprint density at radius 2 is 1.90 bits per heavy atom. The molecule has 2 aromatic carbocycles. The molecule has 0 aliphatic heterocycles. The van der Waals surface area contributed by atoms with Gasteiger partial charge in [-0.1, -0.05) is 55.0 Å². The maximum Gasteiger partial charge on any atom is 0.115 e. The standard InChI is InChI=1S/C27H32O2/c1-18-4-3-5-19(16-18)10-14-27(29)15-12-25-24-8-6-20-17-21(28)7-9-22(20)23(24)11-13-26(25,27)2/h3-5,7,9-10,14,16-17,23-25,28-29H,6,8,11-13,15H2,1-2H3/t23-,24-,25+,26+,27-/m1/s1. The molecule has 0 saturated heterocycles. The lowest BCUT2D eigenvalue weighted by Crippen LogP contribution is -2.49. The summed E-state index contributed by atoms with van der Waals surface area (Å²) < 4.78 is 0. The molecule has 2 fully saturated rings. The predicted molar refractivity (Wildman–Crippen MR) is 118 cm³/mol. The van der Waals surface area contributed by atoms with Gasteiger partial charge in [-0.15, -0.1) is 0 Å². The van der Waals surface area contributed by atoms with Gasteiger partial charge in [0.1, 0.15) is 5.75 Å². The molecule has 3 aliphatic carbocycles. The van der Waals surface area contributed by atoms with E-state index >= 15 is 0 Å². The van der Waals surface area contributed by atoms with Gasteiger partial charge in [-0.25, -0.2) is 0 Å². The van der Waals surface area contributed by atoms with Crippen molar-refractivity contribution in [1.82, 2.24) is 0 Å². The van der Waals surface area contributed by atoms with Crippen LogP contribution in [0.1, 0.15) is 67.2 Å². The molecule has 2 nitrogen and oxygen atoms in total. The summed E-state index contributed by atoms with van der Waals surface area (Å²) in [6, 6.07) is 14.5. The second-order valence-electron chi connectivity index (χ2n) is 9.97. The highest BCUT2D eigenvalue weighted by atomic mass is 16.3. The summed E-state index contributed by atoms with van der Waals surface area (Å²) in [7, 11) is 0. The van der Waals surface area contributed by atoms with Crippen molar-refractivity contribution in [3.63, 3.8) is 0 Å². The van der Waals surface area contributed by atoms with Crippen molar-refractivity contribution in [2.45, 2.75) is 63.9 Å². The van der Waals surface area contributed by atoms with Crippen molar-refractivity contribution in [3.8, 4) is 5.75 Å². The summed E-state index contributed by atoms with van der Waals surface area (Å²) >= 11 is 0. The van der Waals surface area contributed by atoms with E-state index in [0.717, 1.165) is 32.1 Å². The number of aromatic hydroxyl groups is 1. The fraction of sp³-hybridized carbons (Fsp3) is 0.481. The Labute approximate surface area is 174 Å². The van der Waals surface area contributed by atoms with E-state index in [2.05, 4.69) is 56.3 Å². The third-order valence-electron chi connectivity index (χ3n) is 8.52. The smallest absolute Gasteiger partial charge is 0.115 e. The van der Waals surface area contributed by atoms with Crippen LogP contribution in [0, 0.1) is 24.2 Å². The fourth-order valence-electron chi connectivity index (χ4n) is 6.90. The molecular formula is C27H32O2. The Bertz CT molecular complexity index is 961. The molecule has 2 N–H and O–H groups in total. The van der Waals surface area contributed by atoms with Crippen LogP contribution >= 0.6 is 0 Å². The van der Waals surface area contributed by atoms with Crippen LogP contribution < -0.4 is 0 Å². The third-order valence-corrected chi connectivity index (χ3v) is 8.52. The SMILES string of the molecule is Cc1cccc(C=C[C@@]2(O)CC[C@H]3[C@@H]4CCc5cc(O)ccc5[C@H]4CC[C@@]32C)c1. The Morgan fingerprint density at radius 1 is 1.03 bits per heavy atom. The number of benzene rings is 2. The van der Waals surface area contributed by atoms with E-state index in [0.29, 0.717) is 23.5 Å².